The molecule has 0 aromatic heterocycles. The van der Waals surface area contributed by atoms with Crippen molar-refractivity contribution >= 4 is 52.6 Å². The Morgan fingerprint density at radius 1 is 0.973 bits per heavy atom. The molecule has 0 bridgehead atoms. The normalized spacial score (nSPS) is 10.6. The second-order valence-corrected chi connectivity index (χ2v) is 8.08. The van der Waals surface area contributed by atoms with Gasteiger partial charge < -0.3 is 10.1 Å². The number of benzene rings is 3. The molecule has 0 fully saturated rings. The van der Waals surface area contributed by atoms with Crippen molar-refractivity contribution in [2.75, 3.05) is 6.54 Å². The van der Waals surface area contributed by atoms with Crippen LogP contribution >= 0.6 is 23.2 Å². The van der Waals surface area contributed by atoms with E-state index in [1.165, 1.54) is 36.5 Å². The first-order chi connectivity index (χ1) is 17.6. The van der Waals surface area contributed by atoms with Gasteiger partial charge in [-0.05, 0) is 42.0 Å². The van der Waals surface area contributed by atoms with Crippen LogP contribution < -0.4 is 15.5 Å². The molecule has 3 rings (SSSR count). The zero-order chi connectivity index (χ0) is 26.9. The van der Waals surface area contributed by atoms with Crippen LogP contribution in [0.25, 0.3) is 0 Å². The largest absolute Gasteiger partial charge is 0.450 e. The van der Waals surface area contributed by atoms with Crippen LogP contribution in [0.15, 0.2) is 65.8 Å². The van der Waals surface area contributed by atoms with Crippen molar-refractivity contribution in [3.05, 3.63) is 102 Å². The number of halogens is 2. The Kier molecular flexibility index (Phi) is 9.08. The van der Waals surface area contributed by atoms with Gasteiger partial charge in [-0.25, -0.2) is 5.43 Å². The number of hydrogen-bond donors (Lipinski definition) is 2. The monoisotopic (exact) mass is 545 g/mol. The van der Waals surface area contributed by atoms with Gasteiger partial charge in [0.25, 0.3) is 11.6 Å². The standard InChI is InChI=1S/C23H17Cl2N5O7/c24-18-6-4-15(11-19(18)25)23(32)26-9-8-22(31)28-27-13-14-2-1-3-17(10-14)37-21-7-5-16(29(33)34)12-20(21)30(35)36/h1-7,10-13H,8-9H2,(H,26,32)(H,28,31). The minimum Gasteiger partial charge on any atom is -0.450 e. The summed E-state index contributed by atoms with van der Waals surface area (Å²) in [5, 5.41) is 29.1. The number of ether oxygens (including phenoxy) is 1. The van der Waals surface area contributed by atoms with E-state index in [9.17, 15) is 29.8 Å². The molecule has 190 valence electrons. The van der Waals surface area contributed by atoms with Crippen LogP contribution in [0.3, 0.4) is 0 Å². The summed E-state index contributed by atoms with van der Waals surface area (Å²) in [7, 11) is 0. The molecular formula is C23H17Cl2N5O7. The lowest BCUT2D eigenvalue weighted by Crippen LogP contribution is -2.29. The Balaban J connectivity index is 1.53. The summed E-state index contributed by atoms with van der Waals surface area (Å²) in [6.07, 6.45) is 1.28. The quantitative estimate of drug-likeness (QED) is 0.208. The number of nitrogens with one attached hydrogen (secondary N) is 2. The Labute approximate surface area is 219 Å². The van der Waals surface area contributed by atoms with Gasteiger partial charge in [0.05, 0.1) is 32.2 Å². The molecule has 0 radical (unpaired) electrons. The van der Waals surface area contributed by atoms with E-state index >= 15 is 0 Å². The van der Waals surface area contributed by atoms with Crippen molar-refractivity contribution in [2.24, 2.45) is 5.10 Å². The number of hydrogen-bond acceptors (Lipinski definition) is 8. The fourth-order valence-electron chi connectivity index (χ4n) is 2.90. The fraction of sp³-hybridized carbons (Fsp3) is 0.0870. The van der Waals surface area contributed by atoms with Gasteiger partial charge in [-0.2, -0.15) is 5.10 Å². The van der Waals surface area contributed by atoms with Gasteiger partial charge in [0.1, 0.15) is 5.75 Å². The van der Waals surface area contributed by atoms with Gasteiger partial charge in [-0.1, -0.05) is 35.3 Å². The summed E-state index contributed by atoms with van der Waals surface area (Å²) in [4.78, 5) is 44.7. The summed E-state index contributed by atoms with van der Waals surface area (Å²) in [6.45, 7) is 0.0533. The van der Waals surface area contributed by atoms with E-state index in [1.807, 2.05) is 0 Å². The van der Waals surface area contributed by atoms with E-state index in [4.69, 9.17) is 27.9 Å². The number of nitro groups is 2. The van der Waals surface area contributed by atoms with Crippen molar-refractivity contribution in [3.63, 3.8) is 0 Å². The van der Waals surface area contributed by atoms with Crippen LogP contribution in [-0.2, 0) is 4.79 Å². The van der Waals surface area contributed by atoms with Crippen molar-refractivity contribution in [1.82, 2.24) is 10.7 Å². The van der Waals surface area contributed by atoms with E-state index in [1.54, 1.807) is 12.1 Å². The maximum Gasteiger partial charge on any atom is 0.318 e. The summed E-state index contributed by atoms with van der Waals surface area (Å²) >= 11 is 11.7. The number of carbonyl (C=O) groups is 2. The number of carbonyl (C=O) groups excluding carboxylic acids is 2. The number of non-ortho nitro benzene ring substituents is 1. The lowest BCUT2D eigenvalue weighted by molar-refractivity contribution is -0.394. The molecule has 0 unspecified atom stereocenters. The van der Waals surface area contributed by atoms with Gasteiger partial charge in [0.2, 0.25) is 11.7 Å². The predicted molar refractivity (Wildman–Crippen MR) is 135 cm³/mol. The van der Waals surface area contributed by atoms with Crippen molar-refractivity contribution < 1.29 is 24.2 Å². The van der Waals surface area contributed by atoms with Gasteiger partial charge in [0.15, 0.2) is 0 Å². The van der Waals surface area contributed by atoms with Crippen LogP contribution in [0.4, 0.5) is 11.4 Å². The molecule has 3 aromatic carbocycles. The zero-order valence-corrected chi connectivity index (χ0v) is 20.2. The molecule has 37 heavy (non-hydrogen) atoms. The van der Waals surface area contributed by atoms with Crippen LogP contribution in [0, 0.1) is 20.2 Å². The second-order valence-electron chi connectivity index (χ2n) is 7.27. The zero-order valence-electron chi connectivity index (χ0n) is 18.7. The van der Waals surface area contributed by atoms with Crippen molar-refractivity contribution in [1.29, 1.82) is 0 Å². The first kappa shape index (κ1) is 27.0. The molecule has 0 heterocycles. The minimum atomic E-state index is -0.782. The molecular weight excluding hydrogens is 529 g/mol. The molecule has 0 aliphatic carbocycles. The number of rotatable bonds is 10. The maximum absolute atomic E-state index is 12.1. The minimum absolute atomic E-state index is 0.0443. The van der Waals surface area contributed by atoms with E-state index in [2.05, 4.69) is 15.8 Å². The highest BCUT2D eigenvalue weighted by Gasteiger charge is 2.21. The molecule has 0 aliphatic heterocycles. The average Bonchev–Trinajstić information content (AvgIpc) is 2.86. The smallest absolute Gasteiger partial charge is 0.318 e. The van der Waals surface area contributed by atoms with Gasteiger partial charge >= 0.3 is 5.69 Å². The highest BCUT2D eigenvalue weighted by atomic mass is 35.5. The Morgan fingerprint density at radius 3 is 2.46 bits per heavy atom. The fourth-order valence-corrected chi connectivity index (χ4v) is 3.20. The van der Waals surface area contributed by atoms with Gasteiger partial charge in [-0.15, -0.1) is 0 Å². The molecule has 3 aromatic rings. The third-order valence-corrected chi connectivity index (χ3v) is 5.40. The van der Waals surface area contributed by atoms with Crippen LogP contribution in [0.1, 0.15) is 22.3 Å². The molecule has 14 heteroatoms. The van der Waals surface area contributed by atoms with E-state index in [0.29, 0.717) is 16.1 Å². The lowest BCUT2D eigenvalue weighted by atomic mass is 10.2. The van der Waals surface area contributed by atoms with Gasteiger partial charge in [-0.3, -0.25) is 29.8 Å². The summed E-state index contributed by atoms with van der Waals surface area (Å²) < 4.78 is 5.53. The van der Waals surface area contributed by atoms with E-state index in [0.717, 1.165) is 18.2 Å². The SMILES string of the molecule is O=C(CCNC(=O)c1ccc(Cl)c(Cl)c1)NN=Cc1cccc(Oc2ccc([N+](=O)[O-])cc2[N+](=O)[O-])c1. The van der Waals surface area contributed by atoms with Crippen LogP contribution in [-0.4, -0.2) is 34.4 Å². The third-order valence-electron chi connectivity index (χ3n) is 4.66. The molecule has 2 amide bonds. The maximum atomic E-state index is 12.1. The Bertz CT molecular complexity index is 1400. The predicted octanol–water partition coefficient (Wildman–Crippen LogP) is 4.87. The lowest BCUT2D eigenvalue weighted by Gasteiger charge is -2.07. The van der Waals surface area contributed by atoms with Crippen LogP contribution in [0.2, 0.25) is 10.0 Å². The van der Waals surface area contributed by atoms with Crippen molar-refractivity contribution in [2.45, 2.75) is 6.42 Å². The van der Waals surface area contributed by atoms with Crippen molar-refractivity contribution in [3.8, 4) is 11.5 Å². The number of hydrazone groups is 1. The topological polar surface area (TPSA) is 166 Å². The molecule has 12 nitrogen and oxygen atoms in total. The summed E-state index contributed by atoms with van der Waals surface area (Å²) in [6, 6.07) is 13.7. The number of amides is 2. The highest BCUT2D eigenvalue weighted by Crippen LogP contribution is 2.34. The van der Waals surface area contributed by atoms with E-state index < -0.39 is 33.0 Å². The second kappa shape index (κ2) is 12.4. The first-order valence-corrected chi connectivity index (χ1v) is 11.2. The summed E-state index contributed by atoms with van der Waals surface area (Å²) in [5.74, 6) is -0.849. The molecule has 0 saturated carbocycles. The Hall–Kier alpha value is -4.55. The highest BCUT2D eigenvalue weighted by molar-refractivity contribution is 6.42. The summed E-state index contributed by atoms with van der Waals surface area (Å²) in [5.41, 5.74) is 2.11. The van der Waals surface area contributed by atoms with E-state index in [-0.39, 0.29) is 29.5 Å². The number of nitro benzene ring substituents is 2. The Morgan fingerprint density at radius 2 is 1.76 bits per heavy atom. The third kappa shape index (κ3) is 7.72. The molecule has 0 spiro atoms. The molecule has 0 saturated heterocycles. The number of nitrogens with zero attached hydrogens (tertiary/aromatic N) is 3. The molecule has 2 N–H and O–H groups in total. The van der Waals surface area contributed by atoms with Gasteiger partial charge in [0, 0.05) is 24.6 Å². The molecule has 0 aliphatic rings. The first-order valence-electron chi connectivity index (χ1n) is 10.4. The average molecular weight is 546 g/mol. The molecule has 0 atom stereocenters. The van der Waals surface area contributed by atoms with Crippen LogP contribution in [0.5, 0.6) is 11.5 Å².